The first-order chi connectivity index (χ1) is 4.79. The molecule has 1 rings (SSSR count). The van der Waals surface area contributed by atoms with E-state index in [1.807, 2.05) is 25.6 Å². The maximum absolute atomic E-state index is 5.42. The van der Waals surface area contributed by atoms with Crippen LogP contribution in [0.1, 0.15) is 13.8 Å². The van der Waals surface area contributed by atoms with Crippen LogP contribution in [0.5, 0.6) is 0 Å². The highest BCUT2D eigenvalue weighted by Gasteiger charge is 2.06. The molecule has 0 aromatic rings. The molecule has 0 bridgehead atoms. The molecule has 0 saturated heterocycles. The van der Waals surface area contributed by atoms with Gasteiger partial charge in [0.2, 0.25) is 0 Å². The molecule has 0 aliphatic carbocycles. The van der Waals surface area contributed by atoms with Gasteiger partial charge < -0.3 is 4.74 Å². The minimum absolute atomic E-state index is 0.275. The molecule has 0 amide bonds. The molecule has 0 aromatic heterocycles. The summed E-state index contributed by atoms with van der Waals surface area (Å²) < 4.78 is 5.42. The Morgan fingerprint density at radius 3 is 2.90 bits per heavy atom. The molecule has 2 nitrogen and oxygen atoms in total. The SMILES string of the molecule is CC(C)OC1=NCCSC1. The normalized spacial score (nSPS) is 18.9. The first-order valence-electron chi connectivity index (χ1n) is 3.57. The van der Waals surface area contributed by atoms with Crippen LogP contribution < -0.4 is 0 Å². The summed E-state index contributed by atoms with van der Waals surface area (Å²) in [6.07, 6.45) is 0.275. The summed E-state index contributed by atoms with van der Waals surface area (Å²) in [6.45, 7) is 4.98. The second-order valence-electron chi connectivity index (χ2n) is 2.49. The van der Waals surface area contributed by atoms with E-state index in [2.05, 4.69) is 4.99 Å². The van der Waals surface area contributed by atoms with E-state index in [1.54, 1.807) is 0 Å². The predicted octanol–water partition coefficient (Wildman–Crippen LogP) is 1.56. The van der Waals surface area contributed by atoms with Crippen LogP contribution in [0.2, 0.25) is 0 Å². The summed E-state index contributed by atoms with van der Waals surface area (Å²) >= 11 is 1.89. The van der Waals surface area contributed by atoms with Crippen LogP contribution in [-0.2, 0) is 4.74 Å². The standard InChI is InChI=1S/C7H13NOS/c1-6(2)9-7-5-10-4-3-8-7/h6H,3-5H2,1-2H3. The fourth-order valence-corrected chi connectivity index (χ4v) is 1.48. The van der Waals surface area contributed by atoms with E-state index in [-0.39, 0.29) is 6.10 Å². The molecule has 0 spiro atoms. The average molecular weight is 159 g/mol. The van der Waals surface area contributed by atoms with E-state index in [0.717, 1.165) is 23.9 Å². The van der Waals surface area contributed by atoms with E-state index in [4.69, 9.17) is 4.74 Å². The van der Waals surface area contributed by atoms with Crippen molar-refractivity contribution in [3.8, 4) is 0 Å². The summed E-state index contributed by atoms with van der Waals surface area (Å²) in [4.78, 5) is 4.24. The van der Waals surface area contributed by atoms with Gasteiger partial charge in [-0.15, -0.1) is 0 Å². The van der Waals surface area contributed by atoms with E-state index in [0.29, 0.717) is 0 Å². The molecule has 1 aliphatic heterocycles. The molecule has 0 radical (unpaired) electrons. The molecular formula is C7H13NOS. The number of hydrogen-bond acceptors (Lipinski definition) is 3. The first kappa shape index (κ1) is 7.92. The van der Waals surface area contributed by atoms with Gasteiger partial charge in [-0.05, 0) is 13.8 Å². The number of nitrogens with zero attached hydrogens (tertiary/aromatic N) is 1. The van der Waals surface area contributed by atoms with Crippen LogP contribution >= 0.6 is 11.8 Å². The van der Waals surface area contributed by atoms with Crippen LogP contribution in [0.15, 0.2) is 4.99 Å². The predicted molar refractivity (Wildman–Crippen MR) is 45.8 cm³/mol. The molecule has 0 atom stereocenters. The summed E-state index contributed by atoms with van der Waals surface area (Å²) in [5.74, 6) is 3.02. The smallest absolute Gasteiger partial charge is 0.193 e. The maximum Gasteiger partial charge on any atom is 0.193 e. The van der Waals surface area contributed by atoms with Gasteiger partial charge in [-0.3, -0.25) is 4.99 Å². The van der Waals surface area contributed by atoms with Crippen molar-refractivity contribution in [1.29, 1.82) is 0 Å². The van der Waals surface area contributed by atoms with Crippen molar-refractivity contribution in [2.45, 2.75) is 20.0 Å². The monoisotopic (exact) mass is 159 g/mol. The van der Waals surface area contributed by atoms with Crippen molar-refractivity contribution in [3.63, 3.8) is 0 Å². The first-order valence-corrected chi connectivity index (χ1v) is 4.72. The van der Waals surface area contributed by atoms with Gasteiger partial charge in [0.1, 0.15) is 0 Å². The second kappa shape index (κ2) is 3.86. The van der Waals surface area contributed by atoms with Gasteiger partial charge in [0, 0.05) is 5.75 Å². The number of thioether (sulfide) groups is 1. The number of hydrogen-bond donors (Lipinski definition) is 0. The number of rotatable bonds is 1. The lowest BCUT2D eigenvalue weighted by molar-refractivity contribution is 0.226. The zero-order chi connectivity index (χ0) is 7.40. The van der Waals surface area contributed by atoms with Crippen LogP contribution in [-0.4, -0.2) is 30.1 Å². The quantitative estimate of drug-likeness (QED) is 0.579. The Hall–Kier alpha value is -0.180. The summed E-state index contributed by atoms with van der Waals surface area (Å²) in [5, 5.41) is 0. The molecule has 0 fully saturated rings. The maximum atomic E-state index is 5.42. The van der Waals surface area contributed by atoms with Crippen LogP contribution in [0.25, 0.3) is 0 Å². The summed E-state index contributed by atoms with van der Waals surface area (Å²) in [5.41, 5.74) is 0. The second-order valence-corrected chi connectivity index (χ2v) is 3.60. The molecule has 0 N–H and O–H groups in total. The molecular weight excluding hydrogens is 146 g/mol. The third-order valence-electron chi connectivity index (χ3n) is 1.12. The lowest BCUT2D eigenvalue weighted by atomic mass is 10.5. The molecule has 0 saturated carbocycles. The van der Waals surface area contributed by atoms with Gasteiger partial charge in [0.25, 0.3) is 0 Å². The number of aliphatic imine (C=N–C) groups is 1. The van der Waals surface area contributed by atoms with Crippen molar-refractivity contribution < 1.29 is 4.74 Å². The summed E-state index contributed by atoms with van der Waals surface area (Å²) in [7, 11) is 0. The number of ether oxygens (including phenoxy) is 1. The zero-order valence-corrected chi connectivity index (χ0v) is 7.28. The fourth-order valence-electron chi connectivity index (χ4n) is 0.783. The Kier molecular flexibility index (Phi) is 3.06. The highest BCUT2D eigenvalue weighted by molar-refractivity contribution is 8.00. The summed E-state index contributed by atoms with van der Waals surface area (Å²) in [6, 6.07) is 0. The van der Waals surface area contributed by atoms with Gasteiger partial charge in [0.05, 0.1) is 18.4 Å². The van der Waals surface area contributed by atoms with Gasteiger partial charge in [-0.25, -0.2) is 0 Å². The van der Waals surface area contributed by atoms with E-state index >= 15 is 0 Å². The van der Waals surface area contributed by atoms with Crippen LogP contribution in [0.4, 0.5) is 0 Å². The van der Waals surface area contributed by atoms with Gasteiger partial charge in [-0.1, -0.05) is 0 Å². The van der Waals surface area contributed by atoms with Crippen molar-refractivity contribution >= 4 is 17.7 Å². The minimum atomic E-state index is 0.275. The topological polar surface area (TPSA) is 21.6 Å². The molecule has 1 heterocycles. The molecule has 10 heavy (non-hydrogen) atoms. The lowest BCUT2D eigenvalue weighted by Gasteiger charge is -2.14. The Balaban J connectivity index is 2.31. The van der Waals surface area contributed by atoms with Gasteiger partial charge in [0.15, 0.2) is 5.90 Å². The van der Waals surface area contributed by atoms with Crippen molar-refractivity contribution in [1.82, 2.24) is 0 Å². The molecule has 0 aromatic carbocycles. The average Bonchev–Trinajstić information content (AvgIpc) is 1.88. The highest BCUT2D eigenvalue weighted by atomic mass is 32.2. The zero-order valence-electron chi connectivity index (χ0n) is 6.46. The minimum Gasteiger partial charge on any atom is -0.478 e. The van der Waals surface area contributed by atoms with Gasteiger partial charge >= 0.3 is 0 Å². The Bertz CT molecular complexity index is 134. The lowest BCUT2D eigenvalue weighted by Crippen LogP contribution is -2.18. The molecule has 1 aliphatic rings. The van der Waals surface area contributed by atoms with Crippen molar-refractivity contribution in [3.05, 3.63) is 0 Å². The van der Waals surface area contributed by atoms with Crippen molar-refractivity contribution in [2.24, 2.45) is 4.99 Å². The van der Waals surface area contributed by atoms with Crippen LogP contribution in [0.3, 0.4) is 0 Å². The molecule has 0 unspecified atom stereocenters. The fraction of sp³-hybridized carbons (Fsp3) is 0.857. The van der Waals surface area contributed by atoms with Gasteiger partial charge in [-0.2, -0.15) is 11.8 Å². The van der Waals surface area contributed by atoms with Crippen molar-refractivity contribution in [2.75, 3.05) is 18.1 Å². The largest absolute Gasteiger partial charge is 0.478 e. The van der Waals surface area contributed by atoms with E-state index in [1.165, 1.54) is 0 Å². The third-order valence-corrected chi connectivity index (χ3v) is 2.04. The third kappa shape index (κ3) is 2.60. The Morgan fingerprint density at radius 2 is 2.40 bits per heavy atom. The highest BCUT2D eigenvalue weighted by Crippen LogP contribution is 2.08. The Labute approximate surface area is 66.1 Å². The van der Waals surface area contributed by atoms with E-state index in [9.17, 15) is 0 Å². The van der Waals surface area contributed by atoms with Crippen LogP contribution in [0, 0.1) is 0 Å². The molecule has 58 valence electrons. The molecule has 3 heteroatoms. The Morgan fingerprint density at radius 1 is 1.60 bits per heavy atom. The van der Waals surface area contributed by atoms with E-state index < -0.39 is 0 Å².